The second-order valence-corrected chi connectivity index (χ2v) is 4.98. The number of nitrogens with zero attached hydrogens (tertiary/aromatic N) is 1. The molecule has 0 radical (unpaired) electrons. The summed E-state index contributed by atoms with van der Waals surface area (Å²) >= 11 is 0. The summed E-state index contributed by atoms with van der Waals surface area (Å²) in [6.07, 6.45) is 3.51. The Kier molecular flexibility index (Phi) is 3.56. The van der Waals surface area contributed by atoms with Gasteiger partial charge in [0.2, 0.25) is 0 Å². The highest BCUT2D eigenvalue weighted by Crippen LogP contribution is 2.29. The second-order valence-electron chi connectivity index (χ2n) is 4.98. The quantitative estimate of drug-likeness (QED) is 0.891. The fraction of sp³-hybridized carbons (Fsp3) is 0.312. The summed E-state index contributed by atoms with van der Waals surface area (Å²) in [4.78, 5) is 4.29. The molecule has 1 aliphatic heterocycles. The number of rotatable bonds is 2. The SMILES string of the molecule is Fc1cnc(C2CCNCC2)cc1-c1ccccc1. The van der Waals surface area contributed by atoms with Crippen molar-refractivity contribution in [1.29, 1.82) is 0 Å². The van der Waals surface area contributed by atoms with Crippen LogP contribution in [0.15, 0.2) is 42.6 Å². The molecule has 98 valence electrons. The van der Waals surface area contributed by atoms with Crippen LogP contribution in [0.4, 0.5) is 4.39 Å². The standard InChI is InChI=1S/C16H17FN2/c17-15-11-19-16(13-6-8-18-9-7-13)10-14(15)12-4-2-1-3-5-12/h1-5,10-11,13,18H,6-9H2. The van der Waals surface area contributed by atoms with Gasteiger partial charge in [-0.1, -0.05) is 30.3 Å². The molecule has 1 N–H and O–H groups in total. The molecule has 2 heterocycles. The summed E-state index contributed by atoms with van der Waals surface area (Å²) in [5.74, 6) is 0.202. The van der Waals surface area contributed by atoms with Gasteiger partial charge in [-0.25, -0.2) is 4.39 Å². The van der Waals surface area contributed by atoms with Crippen LogP contribution in [-0.4, -0.2) is 18.1 Å². The van der Waals surface area contributed by atoms with Gasteiger partial charge in [-0.05, 0) is 37.6 Å². The Morgan fingerprint density at radius 2 is 1.84 bits per heavy atom. The maximum Gasteiger partial charge on any atom is 0.149 e. The van der Waals surface area contributed by atoms with Gasteiger partial charge in [-0.2, -0.15) is 0 Å². The van der Waals surface area contributed by atoms with Gasteiger partial charge in [-0.3, -0.25) is 4.98 Å². The number of nitrogens with one attached hydrogen (secondary N) is 1. The van der Waals surface area contributed by atoms with Gasteiger partial charge in [0.05, 0.1) is 6.20 Å². The largest absolute Gasteiger partial charge is 0.317 e. The van der Waals surface area contributed by atoms with Gasteiger partial charge in [0.15, 0.2) is 0 Å². The first-order valence-corrected chi connectivity index (χ1v) is 6.76. The molecule has 1 aliphatic rings. The predicted octanol–water partition coefficient (Wildman–Crippen LogP) is 3.35. The van der Waals surface area contributed by atoms with Crippen molar-refractivity contribution < 1.29 is 4.39 Å². The topological polar surface area (TPSA) is 24.9 Å². The third kappa shape index (κ3) is 2.66. The molecular weight excluding hydrogens is 239 g/mol. The van der Waals surface area contributed by atoms with Crippen molar-refractivity contribution >= 4 is 0 Å². The fourth-order valence-corrected chi connectivity index (χ4v) is 2.63. The Labute approximate surface area is 112 Å². The van der Waals surface area contributed by atoms with Gasteiger partial charge in [-0.15, -0.1) is 0 Å². The van der Waals surface area contributed by atoms with Crippen molar-refractivity contribution in [2.75, 3.05) is 13.1 Å². The summed E-state index contributed by atoms with van der Waals surface area (Å²) in [5.41, 5.74) is 2.59. The third-order valence-electron chi connectivity index (χ3n) is 3.72. The van der Waals surface area contributed by atoms with Crippen molar-refractivity contribution in [1.82, 2.24) is 10.3 Å². The van der Waals surface area contributed by atoms with Crippen LogP contribution >= 0.6 is 0 Å². The summed E-state index contributed by atoms with van der Waals surface area (Å²) in [6.45, 7) is 2.04. The molecule has 19 heavy (non-hydrogen) atoms. The molecule has 0 bridgehead atoms. The molecule has 3 heteroatoms. The van der Waals surface area contributed by atoms with E-state index in [1.165, 1.54) is 6.20 Å². The number of pyridine rings is 1. The summed E-state index contributed by atoms with van der Waals surface area (Å²) in [5, 5.41) is 3.34. The van der Waals surface area contributed by atoms with Crippen molar-refractivity contribution in [3.63, 3.8) is 0 Å². The maximum absolute atomic E-state index is 13.9. The van der Waals surface area contributed by atoms with Crippen LogP contribution in [-0.2, 0) is 0 Å². The van der Waals surface area contributed by atoms with Crippen LogP contribution in [0.25, 0.3) is 11.1 Å². The van der Waals surface area contributed by atoms with Crippen LogP contribution < -0.4 is 5.32 Å². The first kappa shape index (κ1) is 12.3. The molecular formula is C16H17FN2. The van der Waals surface area contributed by atoms with Gasteiger partial charge in [0, 0.05) is 17.2 Å². The highest BCUT2D eigenvalue weighted by Gasteiger charge is 2.18. The van der Waals surface area contributed by atoms with Crippen LogP contribution in [0.1, 0.15) is 24.5 Å². The average molecular weight is 256 g/mol. The lowest BCUT2D eigenvalue weighted by Crippen LogP contribution is -2.27. The number of hydrogen-bond acceptors (Lipinski definition) is 2. The Hall–Kier alpha value is -1.74. The third-order valence-corrected chi connectivity index (χ3v) is 3.72. The highest BCUT2D eigenvalue weighted by atomic mass is 19.1. The average Bonchev–Trinajstić information content (AvgIpc) is 2.49. The van der Waals surface area contributed by atoms with E-state index in [1.807, 2.05) is 36.4 Å². The Balaban J connectivity index is 1.96. The van der Waals surface area contributed by atoms with E-state index < -0.39 is 0 Å². The van der Waals surface area contributed by atoms with E-state index >= 15 is 0 Å². The molecule has 0 atom stereocenters. The minimum Gasteiger partial charge on any atom is -0.317 e. The van der Waals surface area contributed by atoms with Crippen molar-refractivity contribution in [2.45, 2.75) is 18.8 Å². The van der Waals surface area contributed by atoms with E-state index in [1.54, 1.807) is 0 Å². The van der Waals surface area contributed by atoms with E-state index in [9.17, 15) is 4.39 Å². The van der Waals surface area contributed by atoms with Crippen LogP contribution in [0.5, 0.6) is 0 Å². The minimum absolute atomic E-state index is 0.246. The lowest BCUT2D eigenvalue weighted by Gasteiger charge is -2.22. The molecule has 0 unspecified atom stereocenters. The normalized spacial score (nSPS) is 16.5. The predicted molar refractivity (Wildman–Crippen MR) is 74.5 cm³/mol. The highest BCUT2D eigenvalue weighted by molar-refractivity contribution is 5.64. The molecule has 1 aromatic heterocycles. The number of aromatic nitrogens is 1. The van der Waals surface area contributed by atoms with Gasteiger partial charge >= 0.3 is 0 Å². The molecule has 0 amide bonds. The molecule has 2 nitrogen and oxygen atoms in total. The monoisotopic (exact) mass is 256 g/mol. The number of hydrogen-bond donors (Lipinski definition) is 1. The summed E-state index contributed by atoms with van der Waals surface area (Å²) in [7, 11) is 0. The van der Waals surface area contributed by atoms with Crippen molar-refractivity contribution in [3.05, 3.63) is 54.1 Å². The molecule has 1 fully saturated rings. The van der Waals surface area contributed by atoms with Crippen LogP contribution in [0, 0.1) is 5.82 Å². The first-order chi connectivity index (χ1) is 9.34. The smallest absolute Gasteiger partial charge is 0.149 e. The maximum atomic E-state index is 13.9. The summed E-state index contributed by atoms with van der Waals surface area (Å²) < 4.78 is 13.9. The lowest BCUT2D eigenvalue weighted by molar-refractivity contribution is 0.452. The molecule has 1 saturated heterocycles. The zero-order valence-corrected chi connectivity index (χ0v) is 10.8. The number of piperidine rings is 1. The van der Waals surface area contributed by atoms with Crippen LogP contribution in [0.3, 0.4) is 0 Å². The molecule has 0 saturated carbocycles. The van der Waals surface area contributed by atoms with Crippen LogP contribution in [0.2, 0.25) is 0 Å². The summed E-state index contributed by atoms with van der Waals surface area (Å²) in [6, 6.07) is 11.6. The fourth-order valence-electron chi connectivity index (χ4n) is 2.63. The van der Waals surface area contributed by atoms with E-state index in [0.717, 1.165) is 37.2 Å². The Morgan fingerprint density at radius 3 is 2.58 bits per heavy atom. The molecule has 2 aromatic rings. The van der Waals surface area contributed by atoms with Gasteiger partial charge in [0.1, 0.15) is 5.82 Å². The van der Waals surface area contributed by atoms with Crippen molar-refractivity contribution in [3.8, 4) is 11.1 Å². The van der Waals surface area contributed by atoms with Gasteiger partial charge in [0.25, 0.3) is 0 Å². The zero-order chi connectivity index (χ0) is 13.1. The minimum atomic E-state index is -0.246. The lowest BCUT2D eigenvalue weighted by atomic mass is 9.92. The number of benzene rings is 1. The van der Waals surface area contributed by atoms with E-state index in [4.69, 9.17) is 0 Å². The van der Waals surface area contributed by atoms with E-state index in [0.29, 0.717) is 11.5 Å². The van der Waals surface area contributed by atoms with Gasteiger partial charge < -0.3 is 5.32 Å². The molecule has 0 spiro atoms. The number of halogens is 1. The van der Waals surface area contributed by atoms with Crippen molar-refractivity contribution in [2.24, 2.45) is 0 Å². The molecule has 0 aliphatic carbocycles. The molecule has 3 rings (SSSR count). The van der Waals surface area contributed by atoms with E-state index in [-0.39, 0.29) is 5.82 Å². The Bertz CT molecular complexity index is 548. The zero-order valence-electron chi connectivity index (χ0n) is 10.8. The molecule has 1 aromatic carbocycles. The second kappa shape index (κ2) is 5.49. The first-order valence-electron chi connectivity index (χ1n) is 6.76. The Morgan fingerprint density at radius 1 is 1.11 bits per heavy atom. The van der Waals surface area contributed by atoms with E-state index in [2.05, 4.69) is 10.3 Å².